The minimum absolute atomic E-state index is 0.0932. The Morgan fingerprint density at radius 1 is 1.19 bits per heavy atom. The van der Waals surface area contributed by atoms with E-state index in [-0.39, 0.29) is 12.5 Å². The number of hydrogen-bond acceptors (Lipinski definition) is 4. The number of ether oxygens (including phenoxy) is 1. The van der Waals surface area contributed by atoms with Crippen LogP contribution >= 0.6 is 0 Å². The highest BCUT2D eigenvalue weighted by molar-refractivity contribution is 5.95. The Kier molecular flexibility index (Phi) is 3.73. The van der Waals surface area contributed by atoms with Gasteiger partial charge in [-0.15, -0.1) is 0 Å². The van der Waals surface area contributed by atoms with E-state index in [0.717, 1.165) is 22.9 Å². The lowest BCUT2D eigenvalue weighted by atomic mass is 10.1. The molecule has 2 N–H and O–H groups in total. The Balaban J connectivity index is 1.33. The first-order valence-electron chi connectivity index (χ1n) is 9.41. The quantitative estimate of drug-likeness (QED) is 0.885. The normalized spacial score (nSPS) is 23.4. The van der Waals surface area contributed by atoms with Crippen molar-refractivity contribution in [1.29, 1.82) is 0 Å². The van der Waals surface area contributed by atoms with Crippen LogP contribution in [0.3, 0.4) is 0 Å². The van der Waals surface area contributed by atoms with Crippen LogP contribution in [0.4, 0.5) is 17.1 Å². The number of nitrogens with one attached hydrogen (secondary N) is 2. The van der Waals surface area contributed by atoms with E-state index in [1.54, 1.807) is 0 Å². The summed E-state index contributed by atoms with van der Waals surface area (Å²) in [5.74, 6) is 1.51. The van der Waals surface area contributed by atoms with Crippen LogP contribution in [0.1, 0.15) is 24.8 Å². The summed E-state index contributed by atoms with van der Waals surface area (Å²) in [4.78, 5) is 14.1. The van der Waals surface area contributed by atoms with E-state index in [2.05, 4.69) is 39.8 Å². The van der Waals surface area contributed by atoms with Crippen LogP contribution in [0.15, 0.2) is 42.5 Å². The highest BCUT2D eigenvalue weighted by Gasteiger charge is 2.38. The summed E-state index contributed by atoms with van der Waals surface area (Å²) in [6, 6.07) is 15.3. The first-order chi connectivity index (χ1) is 12.8. The number of hydrogen-bond donors (Lipinski definition) is 2. The van der Waals surface area contributed by atoms with Crippen molar-refractivity contribution < 1.29 is 9.53 Å². The number of piperidine rings is 1. The van der Waals surface area contributed by atoms with Crippen molar-refractivity contribution in [3.8, 4) is 5.75 Å². The number of nitrogens with zero attached hydrogens (tertiary/aromatic N) is 1. The Morgan fingerprint density at radius 2 is 2.12 bits per heavy atom. The number of amides is 1. The number of carbonyl (C=O) groups is 1. The van der Waals surface area contributed by atoms with Crippen LogP contribution in [0.25, 0.3) is 0 Å². The summed E-state index contributed by atoms with van der Waals surface area (Å²) < 4.78 is 5.43. The van der Waals surface area contributed by atoms with Gasteiger partial charge in [0.15, 0.2) is 6.61 Å². The van der Waals surface area contributed by atoms with Crippen LogP contribution in [0.2, 0.25) is 0 Å². The third-order valence-electron chi connectivity index (χ3n) is 5.78. The molecule has 2 bridgehead atoms. The van der Waals surface area contributed by atoms with Gasteiger partial charge in [-0.25, -0.2) is 0 Å². The van der Waals surface area contributed by atoms with Crippen LogP contribution in [0, 0.1) is 5.92 Å². The Labute approximate surface area is 153 Å². The summed E-state index contributed by atoms with van der Waals surface area (Å²) in [5, 5.41) is 6.46. The van der Waals surface area contributed by atoms with Crippen LogP contribution in [0.5, 0.6) is 5.75 Å². The highest BCUT2D eigenvalue weighted by atomic mass is 16.5. The molecular weight excluding hydrogens is 326 g/mol. The summed E-state index contributed by atoms with van der Waals surface area (Å²) in [6.07, 6.45) is 4.06. The van der Waals surface area contributed by atoms with Crippen molar-refractivity contribution >= 4 is 23.0 Å². The van der Waals surface area contributed by atoms with E-state index in [1.807, 2.05) is 18.2 Å². The number of rotatable bonds is 4. The smallest absolute Gasteiger partial charge is 0.262 e. The molecule has 1 saturated heterocycles. The van der Waals surface area contributed by atoms with E-state index in [9.17, 15) is 4.79 Å². The predicted molar refractivity (Wildman–Crippen MR) is 103 cm³/mol. The van der Waals surface area contributed by atoms with Crippen molar-refractivity contribution in [2.45, 2.75) is 31.8 Å². The molecule has 0 radical (unpaired) electrons. The van der Waals surface area contributed by atoms with Crippen LogP contribution < -0.4 is 20.3 Å². The Hall–Kier alpha value is -2.69. The number of carbonyl (C=O) groups excluding carboxylic acids is 1. The van der Waals surface area contributed by atoms with Gasteiger partial charge in [-0.2, -0.15) is 0 Å². The molecule has 2 heterocycles. The van der Waals surface area contributed by atoms with Crippen molar-refractivity contribution in [2.75, 3.05) is 28.7 Å². The van der Waals surface area contributed by atoms with Crippen molar-refractivity contribution in [2.24, 2.45) is 5.92 Å². The molecule has 1 amide bonds. The SMILES string of the molecule is O=C1COc2ccc(CNc3ccccc3N3CC4CCC3C4)cc2N1. The van der Waals surface area contributed by atoms with Crippen molar-refractivity contribution in [3.63, 3.8) is 0 Å². The number of benzene rings is 2. The third kappa shape index (κ3) is 2.77. The van der Waals surface area contributed by atoms with E-state index < -0.39 is 0 Å². The summed E-state index contributed by atoms with van der Waals surface area (Å²) in [6.45, 7) is 1.99. The van der Waals surface area contributed by atoms with E-state index in [4.69, 9.17) is 4.74 Å². The largest absolute Gasteiger partial charge is 0.482 e. The lowest BCUT2D eigenvalue weighted by Crippen LogP contribution is -2.32. The second-order valence-electron chi connectivity index (χ2n) is 7.52. The molecule has 2 unspecified atom stereocenters. The minimum Gasteiger partial charge on any atom is -0.482 e. The zero-order valence-electron chi connectivity index (χ0n) is 14.7. The molecule has 5 heteroatoms. The molecule has 2 fully saturated rings. The van der Waals surface area contributed by atoms with E-state index in [0.29, 0.717) is 12.6 Å². The maximum Gasteiger partial charge on any atom is 0.262 e. The third-order valence-corrected chi connectivity index (χ3v) is 5.78. The molecule has 26 heavy (non-hydrogen) atoms. The molecule has 0 aromatic heterocycles. The van der Waals surface area contributed by atoms with Crippen LogP contribution in [-0.2, 0) is 11.3 Å². The number of para-hydroxylation sites is 2. The van der Waals surface area contributed by atoms with Gasteiger partial charge in [-0.1, -0.05) is 18.2 Å². The fraction of sp³-hybridized carbons (Fsp3) is 0.381. The van der Waals surface area contributed by atoms with Gasteiger partial charge < -0.3 is 20.3 Å². The molecule has 2 aliphatic heterocycles. The lowest BCUT2D eigenvalue weighted by Gasteiger charge is -2.31. The molecular formula is C21H23N3O2. The molecule has 5 rings (SSSR count). The maximum atomic E-state index is 11.5. The van der Waals surface area contributed by atoms with Gasteiger partial charge in [0.2, 0.25) is 0 Å². The Bertz CT molecular complexity index is 851. The molecule has 3 aliphatic rings. The van der Waals surface area contributed by atoms with E-state index in [1.165, 1.54) is 37.2 Å². The molecule has 1 saturated carbocycles. The second-order valence-corrected chi connectivity index (χ2v) is 7.52. The van der Waals surface area contributed by atoms with Gasteiger partial charge >= 0.3 is 0 Å². The topological polar surface area (TPSA) is 53.6 Å². The van der Waals surface area contributed by atoms with Gasteiger partial charge in [0.1, 0.15) is 5.75 Å². The fourth-order valence-corrected chi connectivity index (χ4v) is 4.53. The van der Waals surface area contributed by atoms with Gasteiger partial charge in [0, 0.05) is 19.1 Å². The van der Waals surface area contributed by atoms with Crippen molar-refractivity contribution in [3.05, 3.63) is 48.0 Å². The van der Waals surface area contributed by atoms with E-state index >= 15 is 0 Å². The highest BCUT2D eigenvalue weighted by Crippen LogP contribution is 2.42. The first-order valence-corrected chi connectivity index (χ1v) is 9.41. The molecule has 0 spiro atoms. The summed E-state index contributed by atoms with van der Waals surface area (Å²) in [5.41, 5.74) is 4.37. The second kappa shape index (κ2) is 6.24. The summed E-state index contributed by atoms with van der Waals surface area (Å²) >= 11 is 0. The van der Waals surface area contributed by atoms with Gasteiger partial charge in [-0.3, -0.25) is 4.79 Å². The monoisotopic (exact) mass is 349 g/mol. The Morgan fingerprint density at radius 3 is 2.96 bits per heavy atom. The van der Waals surface area contributed by atoms with Crippen LogP contribution in [-0.4, -0.2) is 25.1 Å². The molecule has 2 aromatic rings. The zero-order chi connectivity index (χ0) is 17.5. The van der Waals surface area contributed by atoms with Gasteiger partial charge in [0.05, 0.1) is 17.1 Å². The van der Waals surface area contributed by atoms with Gasteiger partial charge in [0.25, 0.3) is 5.91 Å². The fourth-order valence-electron chi connectivity index (χ4n) is 4.53. The molecule has 1 aliphatic carbocycles. The number of fused-ring (bicyclic) bond motifs is 3. The first kappa shape index (κ1) is 15.6. The summed E-state index contributed by atoms with van der Waals surface area (Å²) in [7, 11) is 0. The zero-order valence-corrected chi connectivity index (χ0v) is 14.7. The average Bonchev–Trinajstić information content (AvgIpc) is 3.30. The van der Waals surface area contributed by atoms with Gasteiger partial charge in [-0.05, 0) is 55.0 Å². The lowest BCUT2D eigenvalue weighted by molar-refractivity contribution is -0.118. The molecule has 2 aromatic carbocycles. The predicted octanol–water partition coefficient (Wildman–Crippen LogP) is 3.62. The van der Waals surface area contributed by atoms with Crippen molar-refractivity contribution in [1.82, 2.24) is 0 Å². The molecule has 2 atom stereocenters. The minimum atomic E-state index is -0.1000. The molecule has 5 nitrogen and oxygen atoms in total. The number of anilines is 3. The standard InChI is InChI=1S/C21H23N3O2/c25-21-13-26-20-8-6-14(10-18(20)23-21)11-22-17-3-1-2-4-19(17)24-12-15-5-7-16(24)9-15/h1-4,6,8,10,15-16,22H,5,7,9,11-13H2,(H,23,25). The maximum absolute atomic E-state index is 11.5. The molecule has 134 valence electrons. The average molecular weight is 349 g/mol.